The molecule has 5 aromatic carbocycles. The Morgan fingerprint density at radius 3 is 1.57 bits per heavy atom. The van der Waals surface area contributed by atoms with Crippen LogP contribution in [0.4, 0.5) is 0 Å². The molecule has 2 aromatic heterocycles. The van der Waals surface area contributed by atoms with Crippen molar-refractivity contribution < 1.29 is 4.42 Å². The van der Waals surface area contributed by atoms with Gasteiger partial charge in [-0.2, -0.15) is 0 Å². The number of aryl methyl sites for hydroxylation is 1. The van der Waals surface area contributed by atoms with E-state index < -0.39 is 0 Å². The van der Waals surface area contributed by atoms with Gasteiger partial charge in [0.25, 0.3) is 0 Å². The fourth-order valence-corrected chi connectivity index (χ4v) is 7.30. The molecule has 3 atom stereocenters. The minimum absolute atomic E-state index is 0.0927. The summed E-state index contributed by atoms with van der Waals surface area (Å²) >= 11 is 0. The molecular formula is C40H31NO. The summed E-state index contributed by atoms with van der Waals surface area (Å²) < 4.78 is 9.34. The van der Waals surface area contributed by atoms with Gasteiger partial charge >= 0.3 is 0 Å². The van der Waals surface area contributed by atoms with Crippen LogP contribution in [0, 0.1) is 0 Å². The van der Waals surface area contributed by atoms with Crippen LogP contribution < -0.4 is 0 Å². The fraction of sp³-hybridized carbons (Fsp3) is 0.100. The van der Waals surface area contributed by atoms with Crippen molar-refractivity contribution in [2.45, 2.75) is 17.8 Å². The highest BCUT2D eigenvalue weighted by Gasteiger charge is 2.49. The van der Waals surface area contributed by atoms with Gasteiger partial charge in [0.05, 0.1) is 0 Å². The molecule has 0 saturated carbocycles. The van der Waals surface area contributed by atoms with Gasteiger partial charge in [-0.25, -0.2) is 0 Å². The molecule has 1 aliphatic rings. The largest absolute Gasteiger partial charge is 0.455 e. The molecule has 2 heteroatoms. The molecule has 8 rings (SSSR count). The second-order valence-electron chi connectivity index (χ2n) is 11.3. The number of nitrogens with zero attached hydrogens (tertiary/aromatic N) is 1. The number of para-hydroxylation sites is 1. The van der Waals surface area contributed by atoms with Crippen LogP contribution >= 0.6 is 0 Å². The fourth-order valence-electron chi connectivity index (χ4n) is 7.30. The minimum atomic E-state index is 0.0927. The Kier molecular flexibility index (Phi) is 5.93. The van der Waals surface area contributed by atoms with Crippen LogP contribution in [0.5, 0.6) is 0 Å². The molecule has 0 N–H and O–H groups in total. The average molecular weight is 542 g/mol. The Labute approximate surface area is 246 Å². The zero-order valence-corrected chi connectivity index (χ0v) is 23.5. The lowest BCUT2D eigenvalue weighted by Crippen LogP contribution is -2.14. The van der Waals surface area contributed by atoms with Gasteiger partial charge < -0.3 is 8.98 Å². The molecular weight excluding hydrogens is 510 g/mol. The van der Waals surface area contributed by atoms with E-state index in [4.69, 9.17) is 4.42 Å². The maximum Gasteiger partial charge on any atom is 0.138 e. The molecule has 7 aromatic rings. The Bertz CT molecular complexity index is 1990. The van der Waals surface area contributed by atoms with E-state index in [1.54, 1.807) is 0 Å². The topological polar surface area (TPSA) is 18.1 Å². The van der Waals surface area contributed by atoms with E-state index in [1.807, 2.05) is 0 Å². The molecule has 42 heavy (non-hydrogen) atoms. The van der Waals surface area contributed by atoms with Gasteiger partial charge in [0.2, 0.25) is 0 Å². The third kappa shape index (κ3) is 3.87. The highest BCUT2D eigenvalue weighted by Crippen LogP contribution is 2.63. The van der Waals surface area contributed by atoms with Crippen molar-refractivity contribution in [3.63, 3.8) is 0 Å². The lowest BCUT2D eigenvalue weighted by atomic mass is 9.75. The standard InChI is InChI=1S/C40H31NO/c1-41-26-32(31-24-14-15-25-33(31)41)36-34(27-16-6-2-7-17-27)35(28-18-8-3-9-19-28)37-38(36)40(30-22-12-5-13-23-30)42-39(37)29-20-10-4-11-21-29/h2-26,34-36H,1H3/t34-,35-,36+/m1/s1. The van der Waals surface area contributed by atoms with E-state index in [1.165, 1.54) is 38.7 Å². The van der Waals surface area contributed by atoms with Crippen LogP contribution in [0.1, 0.15) is 45.6 Å². The average Bonchev–Trinajstić information content (AvgIpc) is 3.72. The van der Waals surface area contributed by atoms with E-state index >= 15 is 0 Å². The SMILES string of the molecule is Cn1cc([C@@H]2c3c(-c4ccccc4)oc(-c4ccccc4)c3[C@H](c3ccccc3)[C@H]2c2ccccc2)c2ccccc21. The van der Waals surface area contributed by atoms with Crippen LogP contribution in [-0.4, -0.2) is 4.57 Å². The maximum absolute atomic E-state index is 7.06. The molecule has 0 fully saturated rings. The summed E-state index contributed by atoms with van der Waals surface area (Å²) in [5.74, 6) is 2.34. The summed E-state index contributed by atoms with van der Waals surface area (Å²) in [7, 11) is 2.16. The lowest BCUT2D eigenvalue weighted by molar-refractivity contribution is 0.545. The summed E-state index contributed by atoms with van der Waals surface area (Å²) in [5, 5.41) is 1.30. The van der Waals surface area contributed by atoms with Gasteiger partial charge in [-0.1, -0.05) is 140 Å². The van der Waals surface area contributed by atoms with Crippen molar-refractivity contribution in [3.8, 4) is 22.6 Å². The normalized spacial score (nSPS) is 17.9. The molecule has 0 aliphatic heterocycles. The van der Waals surface area contributed by atoms with E-state index in [2.05, 4.69) is 163 Å². The van der Waals surface area contributed by atoms with Crippen LogP contribution in [0.2, 0.25) is 0 Å². The molecule has 202 valence electrons. The van der Waals surface area contributed by atoms with Crippen LogP contribution in [0.15, 0.2) is 156 Å². The van der Waals surface area contributed by atoms with Gasteiger partial charge in [-0.15, -0.1) is 0 Å². The molecule has 0 radical (unpaired) electrons. The van der Waals surface area contributed by atoms with Crippen molar-refractivity contribution in [1.82, 2.24) is 4.57 Å². The number of hydrogen-bond acceptors (Lipinski definition) is 1. The van der Waals surface area contributed by atoms with E-state index in [0.29, 0.717) is 0 Å². The third-order valence-corrected chi connectivity index (χ3v) is 9.00. The summed E-state index contributed by atoms with van der Waals surface area (Å²) in [6, 6.07) is 52.3. The van der Waals surface area contributed by atoms with Gasteiger partial charge in [0.15, 0.2) is 0 Å². The van der Waals surface area contributed by atoms with Gasteiger partial charge in [-0.05, 0) is 22.8 Å². The molecule has 2 nitrogen and oxygen atoms in total. The monoisotopic (exact) mass is 541 g/mol. The first kappa shape index (κ1) is 24.7. The summed E-state index contributed by atoms with van der Waals surface area (Å²) in [6.45, 7) is 0. The highest BCUT2D eigenvalue weighted by atomic mass is 16.3. The van der Waals surface area contributed by atoms with Crippen LogP contribution in [-0.2, 0) is 7.05 Å². The van der Waals surface area contributed by atoms with Crippen molar-refractivity contribution in [3.05, 3.63) is 180 Å². The van der Waals surface area contributed by atoms with Gasteiger partial charge in [0.1, 0.15) is 11.5 Å². The Morgan fingerprint density at radius 2 is 0.976 bits per heavy atom. The highest BCUT2D eigenvalue weighted by molar-refractivity contribution is 5.87. The molecule has 2 heterocycles. The van der Waals surface area contributed by atoms with Gasteiger partial charge in [-0.3, -0.25) is 0 Å². The minimum Gasteiger partial charge on any atom is -0.455 e. The van der Waals surface area contributed by atoms with Crippen molar-refractivity contribution in [2.75, 3.05) is 0 Å². The van der Waals surface area contributed by atoms with Crippen molar-refractivity contribution in [1.29, 1.82) is 0 Å². The zero-order chi connectivity index (χ0) is 28.0. The molecule has 0 spiro atoms. The summed E-state index contributed by atoms with van der Waals surface area (Å²) in [6.07, 6.45) is 2.35. The number of rotatable bonds is 5. The van der Waals surface area contributed by atoms with Crippen LogP contribution in [0.3, 0.4) is 0 Å². The Morgan fingerprint density at radius 1 is 0.500 bits per heavy atom. The third-order valence-electron chi connectivity index (χ3n) is 9.00. The van der Waals surface area contributed by atoms with Crippen LogP contribution in [0.25, 0.3) is 33.6 Å². The number of benzene rings is 5. The smallest absolute Gasteiger partial charge is 0.138 e. The maximum atomic E-state index is 7.06. The number of furan rings is 1. The molecule has 1 aliphatic carbocycles. The van der Waals surface area contributed by atoms with E-state index in [0.717, 1.165) is 22.6 Å². The first-order chi connectivity index (χ1) is 20.8. The quantitative estimate of drug-likeness (QED) is 0.212. The number of aromatic nitrogens is 1. The Balaban J connectivity index is 1.52. The number of hydrogen-bond donors (Lipinski definition) is 0. The summed E-state index contributed by atoms with van der Waals surface area (Å²) in [5.41, 5.74) is 10.1. The first-order valence-electron chi connectivity index (χ1n) is 14.7. The van der Waals surface area contributed by atoms with Crippen molar-refractivity contribution in [2.24, 2.45) is 7.05 Å². The Hall–Kier alpha value is -5.08. The second-order valence-corrected chi connectivity index (χ2v) is 11.3. The summed E-state index contributed by atoms with van der Waals surface area (Å²) in [4.78, 5) is 0. The lowest BCUT2D eigenvalue weighted by Gasteiger charge is -2.28. The van der Waals surface area contributed by atoms with Gasteiger partial charge in [0, 0.05) is 64.2 Å². The van der Waals surface area contributed by atoms with E-state index in [-0.39, 0.29) is 17.8 Å². The predicted molar refractivity (Wildman–Crippen MR) is 172 cm³/mol. The predicted octanol–water partition coefficient (Wildman–Crippen LogP) is 10.2. The molecule has 0 unspecified atom stereocenters. The zero-order valence-electron chi connectivity index (χ0n) is 23.5. The first-order valence-corrected chi connectivity index (χ1v) is 14.7. The molecule has 0 amide bonds. The second kappa shape index (κ2) is 10.1. The molecule has 0 saturated heterocycles. The van der Waals surface area contributed by atoms with Crippen molar-refractivity contribution >= 4 is 10.9 Å². The number of fused-ring (bicyclic) bond motifs is 2. The van der Waals surface area contributed by atoms with E-state index in [9.17, 15) is 0 Å². The molecule has 0 bridgehead atoms.